The molecule has 0 fully saturated rings. The van der Waals surface area contributed by atoms with Crippen LogP contribution in [0.3, 0.4) is 0 Å². The van der Waals surface area contributed by atoms with E-state index in [0.29, 0.717) is 6.42 Å². The molecule has 250 valence electrons. The lowest BCUT2D eigenvalue weighted by Gasteiger charge is -2.28. The van der Waals surface area contributed by atoms with Gasteiger partial charge in [0, 0.05) is 11.9 Å². The largest absolute Gasteiger partial charge is 0.458 e. The SMILES string of the molecule is CCCCCCCCCCCCCSC(CCCCCCC)C(C)OP(=O)(O)C(OCCC)C(=O)OCc1ccccc1. The van der Waals surface area contributed by atoms with Crippen LogP contribution >= 0.6 is 19.4 Å². The van der Waals surface area contributed by atoms with Gasteiger partial charge < -0.3 is 18.9 Å². The Hall–Kier alpha value is -0.850. The number of hydrogen-bond acceptors (Lipinski definition) is 6. The molecule has 4 unspecified atom stereocenters. The summed E-state index contributed by atoms with van der Waals surface area (Å²) in [5.41, 5.74) is 0.800. The van der Waals surface area contributed by atoms with Crippen LogP contribution in [0.15, 0.2) is 30.3 Å². The Labute approximate surface area is 268 Å². The van der Waals surface area contributed by atoms with Crippen LogP contribution in [-0.2, 0) is 30.0 Å². The zero-order chi connectivity index (χ0) is 31.6. The van der Waals surface area contributed by atoms with Gasteiger partial charge in [0.15, 0.2) is 0 Å². The first kappa shape index (κ1) is 40.2. The van der Waals surface area contributed by atoms with Crippen LogP contribution in [0.4, 0.5) is 0 Å². The molecular formula is C35H63O6PS. The molecule has 4 atom stereocenters. The smallest absolute Gasteiger partial charge is 0.368 e. The first-order chi connectivity index (χ1) is 20.9. The molecule has 0 saturated carbocycles. The average molecular weight is 643 g/mol. The van der Waals surface area contributed by atoms with Gasteiger partial charge in [0.1, 0.15) is 6.61 Å². The minimum atomic E-state index is -4.45. The number of benzene rings is 1. The van der Waals surface area contributed by atoms with Crippen molar-refractivity contribution in [2.75, 3.05) is 12.4 Å². The van der Waals surface area contributed by atoms with Gasteiger partial charge in [0.05, 0.1) is 6.10 Å². The summed E-state index contributed by atoms with van der Waals surface area (Å²) in [6.45, 7) is 8.40. The van der Waals surface area contributed by atoms with Crippen LogP contribution in [0.25, 0.3) is 0 Å². The molecule has 1 N–H and O–H groups in total. The number of hydrogen-bond donors (Lipinski definition) is 1. The second kappa shape index (κ2) is 26.4. The van der Waals surface area contributed by atoms with Gasteiger partial charge in [0.2, 0.25) is 0 Å². The van der Waals surface area contributed by atoms with Gasteiger partial charge >= 0.3 is 13.6 Å². The molecule has 43 heavy (non-hydrogen) atoms. The molecule has 1 rings (SSSR count). The van der Waals surface area contributed by atoms with E-state index >= 15 is 0 Å². The summed E-state index contributed by atoms with van der Waals surface area (Å²) in [7, 11) is -4.45. The zero-order valence-electron chi connectivity index (χ0n) is 27.8. The van der Waals surface area contributed by atoms with Crippen molar-refractivity contribution < 1.29 is 28.3 Å². The van der Waals surface area contributed by atoms with Crippen LogP contribution in [-0.4, -0.2) is 40.4 Å². The van der Waals surface area contributed by atoms with Gasteiger partial charge in [-0.15, -0.1) is 0 Å². The van der Waals surface area contributed by atoms with Crippen molar-refractivity contribution >= 4 is 25.3 Å². The van der Waals surface area contributed by atoms with E-state index in [4.69, 9.17) is 14.0 Å². The third kappa shape index (κ3) is 20.0. The van der Waals surface area contributed by atoms with E-state index in [0.717, 1.165) is 37.0 Å². The standard InChI is InChI=1S/C35H63O6PS/c1-5-8-10-12-13-14-15-16-17-19-24-29-43-33(27-23-18-11-9-6-2)31(4)41-42(37,38)35(39-28-7-3)34(36)40-30-32-25-21-20-22-26-32/h20-22,25-26,31,33,35H,5-19,23-24,27-30H2,1-4H3,(H,37,38). The first-order valence-electron chi connectivity index (χ1n) is 17.3. The van der Waals surface area contributed by atoms with Crippen molar-refractivity contribution in [3.63, 3.8) is 0 Å². The van der Waals surface area contributed by atoms with Gasteiger partial charge in [-0.2, -0.15) is 11.8 Å². The molecule has 0 heterocycles. The second-order valence-electron chi connectivity index (χ2n) is 11.8. The summed E-state index contributed by atoms with van der Waals surface area (Å²) < 4.78 is 30.3. The van der Waals surface area contributed by atoms with Crippen molar-refractivity contribution in [3.8, 4) is 0 Å². The fraction of sp³-hybridized carbons (Fsp3) is 0.800. The van der Waals surface area contributed by atoms with E-state index in [1.807, 2.05) is 55.9 Å². The number of ether oxygens (including phenoxy) is 2. The summed E-state index contributed by atoms with van der Waals surface area (Å²) in [5.74, 6) is -1.50. The molecule has 1 aromatic carbocycles. The van der Waals surface area contributed by atoms with Gasteiger partial charge in [-0.1, -0.05) is 147 Å². The molecule has 0 amide bonds. The van der Waals surface area contributed by atoms with Crippen LogP contribution < -0.4 is 0 Å². The minimum absolute atomic E-state index is 0.0103. The molecule has 0 aliphatic rings. The number of esters is 1. The molecule has 0 radical (unpaired) electrons. The van der Waals surface area contributed by atoms with Gasteiger partial charge in [-0.25, -0.2) is 4.79 Å². The Bertz CT molecular complexity index is 839. The average Bonchev–Trinajstić information content (AvgIpc) is 2.99. The van der Waals surface area contributed by atoms with Crippen LogP contribution in [0.2, 0.25) is 0 Å². The lowest BCUT2D eigenvalue weighted by atomic mass is 10.1. The quantitative estimate of drug-likeness (QED) is 0.0529. The highest BCUT2D eigenvalue weighted by Crippen LogP contribution is 2.51. The van der Waals surface area contributed by atoms with Crippen molar-refractivity contribution in [1.29, 1.82) is 0 Å². The van der Waals surface area contributed by atoms with Crippen molar-refractivity contribution in [1.82, 2.24) is 0 Å². The number of carbonyl (C=O) groups excluding carboxylic acids is 1. The van der Waals surface area contributed by atoms with Crippen LogP contribution in [0.1, 0.15) is 149 Å². The monoisotopic (exact) mass is 642 g/mol. The van der Waals surface area contributed by atoms with Gasteiger partial charge in [0.25, 0.3) is 5.85 Å². The van der Waals surface area contributed by atoms with E-state index in [2.05, 4.69) is 13.8 Å². The van der Waals surface area contributed by atoms with Crippen molar-refractivity contribution in [2.24, 2.45) is 0 Å². The van der Waals surface area contributed by atoms with E-state index in [1.54, 1.807) is 0 Å². The highest BCUT2D eigenvalue weighted by atomic mass is 32.2. The molecule has 1 aromatic rings. The van der Waals surface area contributed by atoms with E-state index in [-0.39, 0.29) is 18.5 Å². The Morgan fingerprint density at radius 1 is 0.791 bits per heavy atom. The lowest BCUT2D eigenvalue weighted by Crippen LogP contribution is -2.31. The maximum Gasteiger partial charge on any atom is 0.368 e. The Kier molecular flexibility index (Phi) is 24.6. The number of unbranched alkanes of at least 4 members (excludes halogenated alkanes) is 14. The summed E-state index contributed by atoms with van der Waals surface area (Å²) in [4.78, 5) is 23.9. The van der Waals surface area contributed by atoms with Crippen molar-refractivity contribution in [3.05, 3.63) is 35.9 Å². The molecule has 6 nitrogen and oxygen atoms in total. The lowest BCUT2D eigenvalue weighted by molar-refractivity contribution is -0.154. The van der Waals surface area contributed by atoms with E-state index in [1.165, 1.54) is 83.5 Å². The summed E-state index contributed by atoms with van der Waals surface area (Å²) in [6.07, 6.45) is 21.3. The second-order valence-corrected chi connectivity index (χ2v) is 15.0. The van der Waals surface area contributed by atoms with E-state index in [9.17, 15) is 14.3 Å². The fourth-order valence-electron chi connectivity index (χ4n) is 5.09. The van der Waals surface area contributed by atoms with Gasteiger partial charge in [-0.05, 0) is 37.5 Å². The molecule has 0 spiro atoms. The predicted molar refractivity (Wildman–Crippen MR) is 183 cm³/mol. The molecule has 0 bridgehead atoms. The molecule has 0 aliphatic heterocycles. The van der Waals surface area contributed by atoms with Gasteiger partial charge in [-0.3, -0.25) is 4.57 Å². The normalized spacial score (nSPS) is 15.1. The fourth-order valence-corrected chi connectivity index (χ4v) is 7.87. The molecule has 0 aliphatic carbocycles. The van der Waals surface area contributed by atoms with E-state index < -0.39 is 25.5 Å². The van der Waals surface area contributed by atoms with Crippen LogP contribution in [0.5, 0.6) is 0 Å². The third-order valence-electron chi connectivity index (χ3n) is 7.71. The first-order valence-corrected chi connectivity index (χ1v) is 20.0. The maximum atomic E-state index is 13.5. The number of carbonyl (C=O) groups is 1. The summed E-state index contributed by atoms with van der Waals surface area (Å²) in [5, 5.41) is 0.0809. The van der Waals surface area contributed by atoms with Crippen molar-refractivity contribution in [2.45, 2.75) is 167 Å². The molecule has 0 aromatic heterocycles. The third-order valence-corrected chi connectivity index (χ3v) is 10.9. The topological polar surface area (TPSA) is 82.1 Å². The number of thioether (sulfide) groups is 1. The highest BCUT2D eigenvalue weighted by molar-refractivity contribution is 7.99. The molecular weight excluding hydrogens is 579 g/mol. The Morgan fingerprint density at radius 3 is 1.88 bits per heavy atom. The summed E-state index contributed by atoms with van der Waals surface area (Å²) in [6, 6.07) is 9.26. The maximum absolute atomic E-state index is 13.5. The highest BCUT2D eigenvalue weighted by Gasteiger charge is 2.43. The zero-order valence-corrected chi connectivity index (χ0v) is 29.5. The molecule has 0 saturated heterocycles. The summed E-state index contributed by atoms with van der Waals surface area (Å²) >= 11 is 1.84. The Morgan fingerprint density at radius 2 is 1.33 bits per heavy atom. The Balaban J connectivity index is 2.63. The number of rotatable bonds is 29. The minimum Gasteiger partial charge on any atom is -0.458 e. The van der Waals surface area contributed by atoms with Crippen LogP contribution in [0, 0.1) is 0 Å². The predicted octanol–water partition coefficient (Wildman–Crippen LogP) is 10.8. The molecule has 8 heteroatoms.